The van der Waals surface area contributed by atoms with Crippen LogP contribution in [0.2, 0.25) is 0 Å². The van der Waals surface area contributed by atoms with E-state index in [-0.39, 0.29) is 32.7 Å². The first-order valence-corrected chi connectivity index (χ1v) is 4.39. The molecule has 0 saturated heterocycles. The van der Waals surface area contributed by atoms with Gasteiger partial charge in [-0.15, -0.1) is 5.56 Å². The minimum absolute atomic E-state index is 0. The summed E-state index contributed by atoms with van der Waals surface area (Å²) in [6.45, 7) is 2.11. The molecule has 2 aromatic rings. The van der Waals surface area contributed by atoms with Gasteiger partial charge in [0, 0.05) is 32.7 Å². The molecular formula is C13H11Y-. The van der Waals surface area contributed by atoms with Gasteiger partial charge >= 0.3 is 0 Å². The minimum atomic E-state index is 0. The molecule has 0 spiro atoms. The summed E-state index contributed by atoms with van der Waals surface area (Å²) in [7, 11) is 0. The van der Waals surface area contributed by atoms with Gasteiger partial charge in [-0.1, -0.05) is 29.8 Å². The van der Waals surface area contributed by atoms with E-state index in [4.69, 9.17) is 0 Å². The van der Waals surface area contributed by atoms with Gasteiger partial charge in [-0.25, -0.2) is 0 Å². The van der Waals surface area contributed by atoms with Crippen LogP contribution in [0.4, 0.5) is 0 Å². The number of aryl methyl sites for hydroxylation is 1. The average Bonchev–Trinajstić information content (AvgIpc) is 2.19. The molecule has 0 aliphatic carbocycles. The number of rotatable bonds is 1. The maximum Gasteiger partial charge on any atom is 0 e. The Morgan fingerprint density at radius 3 is 2.29 bits per heavy atom. The van der Waals surface area contributed by atoms with E-state index < -0.39 is 0 Å². The van der Waals surface area contributed by atoms with Crippen LogP contribution in [0.3, 0.4) is 0 Å². The first-order valence-electron chi connectivity index (χ1n) is 4.39. The van der Waals surface area contributed by atoms with Gasteiger partial charge in [0.2, 0.25) is 0 Å². The van der Waals surface area contributed by atoms with Crippen LogP contribution in [0.5, 0.6) is 0 Å². The third kappa shape index (κ3) is 2.77. The maximum absolute atomic E-state index is 3.02. The van der Waals surface area contributed by atoms with Gasteiger partial charge in [0.05, 0.1) is 0 Å². The van der Waals surface area contributed by atoms with Crippen LogP contribution in [0.1, 0.15) is 5.56 Å². The summed E-state index contributed by atoms with van der Waals surface area (Å²) in [5.74, 6) is 0. The summed E-state index contributed by atoms with van der Waals surface area (Å²) in [6.07, 6.45) is 0. The second-order valence-electron chi connectivity index (χ2n) is 3.16. The van der Waals surface area contributed by atoms with Gasteiger partial charge in [0.25, 0.3) is 0 Å². The second-order valence-corrected chi connectivity index (χ2v) is 3.16. The molecule has 67 valence electrons. The van der Waals surface area contributed by atoms with Crippen molar-refractivity contribution in [1.29, 1.82) is 0 Å². The van der Waals surface area contributed by atoms with Crippen molar-refractivity contribution in [3.63, 3.8) is 0 Å². The first-order chi connectivity index (χ1) is 6.36. The van der Waals surface area contributed by atoms with E-state index in [1.54, 1.807) is 0 Å². The zero-order chi connectivity index (χ0) is 9.10. The van der Waals surface area contributed by atoms with Crippen molar-refractivity contribution in [3.05, 3.63) is 60.2 Å². The molecule has 0 aromatic heterocycles. The monoisotopic (exact) mass is 256 g/mol. The summed E-state index contributed by atoms with van der Waals surface area (Å²) < 4.78 is 0. The van der Waals surface area contributed by atoms with E-state index in [1.165, 1.54) is 16.7 Å². The second kappa shape index (κ2) is 5.43. The maximum atomic E-state index is 3.02. The van der Waals surface area contributed by atoms with Crippen molar-refractivity contribution in [2.75, 3.05) is 0 Å². The smallest absolute Gasteiger partial charge is 0 e. The zero-order valence-corrected chi connectivity index (χ0v) is 11.0. The molecule has 0 aliphatic rings. The predicted octanol–water partition coefficient (Wildman–Crippen LogP) is 3.46. The third-order valence-electron chi connectivity index (χ3n) is 2.07. The van der Waals surface area contributed by atoms with Crippen molar-refractivity contribution in [1.82, 2.24) is 0 Å². The average molecular weight is 256 g/mol. The molecule has 14 heavy (non-hydrogen) atoms. The standard InChI is InChI=1S/C13H11.Y/c1-11-6-5-9-13(10-11)12-7-3-2-4-8-12;/h3-10H,1H3;/q-1;. The van der Waals surface area contributed by atoms with Crippen LogP contribution in [0.15, 0.2) is 48.5 Å². The first kappa shape index (κ1) is 11.6. The van der Waals surface area contributed by atoms with Gasteiger partial charge < -0.3 is 0 Å². The molecule has 0 atom stereocenters. The molecule has 0 bridgehead atoms. The van der Waals surface area contributed by atoms with Crippen molar-refractivity contribution >= 4 is 0 Å². The van der Waals surface area contributed by atoms with Crippen molar-refractivity contribution in [2.45, 2.75) is 6.92 Å². The number of hydrogen-bond acceptors (Lipinski definition) is 0. The van der Waals surface area contributed by atoms with Crippen LogP contribution in [-0.2, 0) is 32.7 Å². The molecule has 1 radical (unpaired) electrons. The summed E-state index contributed by atoms with van der Waals surface area (Å²) in [6, 6.07) is 19.6. The third-order valence-corrected chi connectivity index (χ3v) is 2.07. The van der Waals surface area contributed by atoms with Crippen LogP contribution < -0.4 is 0 Å². The molecular weight excluding hydrogens is 245 g/mol. The molecule has 2 aromatic carbocycles. The Hall–Kier alpha value is -0.456. The molecule has 2 rings (SSSR count). The molecule has 0 aliphatic heterocycles. The van der Waals surface area contributed by atoms with E-state index in [0.717, 1.165) is 0 Å². The van der Waals surface area contributed by atoms with Gasteiger partial charge in [-0.2, -0.15) is 30.3 Å². The van der Waals surface area contributed by atoms with Crippen molar-refractivity contribution in [3.8, 4) is 11.1 Å². The molecule has 0 unspecified atom stereocenters. The summed E-state index contributed by atoms with van der Waals surface area (Å²) in [5.41, 5.74) is 3.82. The largest absolute Gasteiger partial charge is 0.184 e. The van der Waals surface area contributed by atoms with Crippen LogP contribution >= 0.6 is 0 Å². The Labute approximate surface area is 110 Å². The van der Waals surface area contributed by atoms with Gasteiger partial charge in [-0.3, -0.25) is 0 Å². The number of hydrogen-bond donors (Lipinski definition) is 0. The fraction of sp³-hybridized carbons (Fsp3) is 0.0769. The molecule has 0 amide bonds. The molecule has 0 heterocycles. The SMILES string of the molecule is Cc1cccc(-c2cc[c-]cc2)c1.[Y]. The van der Waals surface area contributed by atoms with Gasteiger partial charge in [0.15, 0.2) is 0 Å². The molecule has 0 saturated carbocycles. The normalized spacial score (nSPS) is 9.21. The molecule has 0 nitrogen and oxygen atoms in total. The van der Waals surface area contributed by atoms with Crippen LogP contribution in [-0.4, -0.2) is 0 Å². The Morgan fingerprint density at radius 1 is 0.929 bits per heavy atom. The van der Waals surface area contributed by atoms with E-state index in [0.29, 0.717) is 0 Å². The Bertz CT molecular complexity index is 393. The van der Waals surface area contributed by atoms with E-state index in [1.807, 2.05) is 12.1 Å². The summed E-state index contributed by atoms with van der Waals surface area (Å²) in [5, 5.41) is 0. The van der Waals surface area contributed by atoms with Crippen LogP contribution in [0, 0.1) is 13.0 Å². The predicted molar refractivity (Wildman–Crippen MR) is 55.5 cm³/mol. The number of benzene rings is 2. The summed E-state index contributed by atoms with van der Waals surface area (Å²) in [4.78, 5) is 0. The summed E-state index contributed by atoms with van der Waals surface area (Å²) >= 11 is 0. The Morgan fingerprint density at radius 2 is 1.64 bits per heavy atom. The molecule has 0 fully saturated rings. The van der Waals surface area contributed by atoms with Crippen LogP contribution in [0.25, 0.3) is 11.1 Å². The van der Waals surface area contributed by atoms with Gasteiger partial charge in [0.1, 0.15) is 0 Å². The molecule has 0 N–H and O–H groups in total. The zero-order valence-electron chi connectivity index (χ0n) is 8.20. The fourth-order valence-electron chi connectivity index (χ4n) is 1.40. The Balaban J connectivity index is 0.000000980. The Kier molecular flexibility index (Phi) is 4.51. The van der Waals surface area contributed by atoms with Gasteiger partial charge in [-0.05, 0) is 12.5 Å². The molecule has 1 heteroatoms. The minimum Gasteiger partial charge on any atom is -0.184 e. The fourth-order valence-corrected chi connectivity index (χ4v) is 1.40. The van der Waals surface area contributed by atoms with Crippen molar-refractivity contribution in [2.24, 2.45) is 0 Å². The van der Waals surface area contributed by atoms with E-state index >= 15 is 0 Å². The van der Waals surface area contributed by atoms with Crippen molar-refractivity contribution < 1.29 is 32.7 Å². The quantitative estimate of drug-likeness (QED) is 0.685. The topological polar surface area (TPSA) is 0 Å². The van der Waals surface area contributed by atoms with E-state index in [9.17, 15) is 0 Å². The van der Waals surface area contributed by atoms with E-state index in [2.05, 4.69) is 49.4 Å².